The van der Waals surface area contributed by atoms with Crippen molar-refractivity contribution in [3.8, 4) is 0 Å². The second-order valence-corrected chi connectivity index (χ2v) is 8.40. The third kappa shape index (κ3) is 4.60. The normalized spacial score (nSPS) is 13.1. The van der Waals surface area contributed by atoms with Gasteiger partial charge in [-0.2, -0.15) is 4.98 Å². The summed E-state index contributed by atoms with van der Waals surface area (Å²) in [5.41, 5.74) is 3.47. The van der Waals surface area contributed by atoms with E-state index < -0.39 is 0 Å². The molecule has 4 rings (SSSR count). The molecule has 0 atom stereocenters. The Hall–Kier alpha value is -2.44. The lowest BCUT2D eigenvalue weighted by atomic mass is 9.97. The van der Waals surface area contributed by atoms with Crippen LogP contribution in [-0.2, 0) is 19.4 Å². The van der Waals surface area contributed by atoms with Crippen molar-refractivity contribution in [2.75, 3.05) is 5.75 Å². The molecule has 5 nitrogen and oxygen atoms in total. The van der Waals surface area contributed by atoms with Crippen LogP contribution in [0, 0.1) is 0 Å². The number of hydrogen-bond donors (Lipinski definition) is 0. The van der Waals surface area contributed by atoms with E-state index in [0.717, 1.165) is 42.5 Å². The van der Waals surface area contributed by atoms with Crippen molar-refractivity contribution < 1.29 is 4.79 Å². The molecule has 1 aliphatic rings. The van der Waals surface area contributed by atoms with E-state index in [2.05, 4.69) is 9.97 Å². The molecule has 0 spiro atoms. The highest BCUT2D eigenvalue weighted by atomic mass is 35.5. The second-order valence-electron chi connectivity index (χ2n) is 7.00. The summed E-state index contributed by atoms with van der Waals surface area (Å²) in [6.45, 7) is 0.469. The van der Waals surface area contributed by atoms with E-state index in [1.807, 2.05) is 12.1 Å². The Balaban J connectivity index is 1.59. The minimum Gasteiger partial charge on any atom is -0.293 e. The first-order valence-corrected chi connectivity index (χ1v) is 10.9. The van der Waals surface area contributed by atoms with Crippen LogP contribution < -0.4 is 5.69 Å². The zero-order valence-electron chi connectivity index (χ0n) is 15.8. The van der Waals surface area contributed by atoms with Gasteiger partial charge in [-0.1, -0.05) is 29.4 Å². The van der Waals surface area contributed by atoms with Crippen LogP contribution in [0.4, 0.5) is 0 Å². The predicted molar refractivity (Wildman–Crippen MR) is 115 cm³/mol. The van der Waals surface area contributed by atoms with Crippen LogP contribution >= 0.6 is 23.4 Å². The van der Waals surface area contributed by atoms with E-state index in [0.29, 0.717) is 22.2 Å². The molecule has 0 unspecified atom stereocenters. The highest BCUT2D eigenvalue weighted by molar-refractivity contribution is 8.00. The minimum atomic E-state index is -0.268. The van der Waals surface area contributed by atoms with Gasteiger partial charge in [0.25, 0.3) is 0 Å². The molecular formula is C22H20ClN3O2S. The van der Waals surface area contributed by atoms with Crippen LogP contribution in [0.15, 0.2) is 58.6 Å². The summed E-state index contributed by atoms with van der Waals surface area (Å²) in [4.78, 5) is 33.8. The lowest BCUT2D eigenvalue weighted by molar-refractivity contribution is 0.102. The van der Waals surface area contributed by atoms with Crippen molar-refractivity contribution >= 4 is 29.1 Å². The van der Waals surface area contributed by atoms with Crippen LogP contribution in [0.5, 0.6) is 0 Å². The fourth-order valence-corrected chi connectivity index (χ4v) is 4.65. The van der Waals surface area contributed by atoms with Gasteiger partial charge in [0.1, 0.15) is 5.03 Å². The van der Waals surface area contributed by atoms with Gasteiger partial charge in [-0.25, -0.2) is 4.79 Å². The van der Waals surface area contributed by atoms with Crippen molar-refractivity contribution in [2.45, 2.75) is 37.3 Å². The number of aromatic nitrogens is 3. The number of thioether (sulfide) groups is 1. The van der Waals surface area contributed by atoms with Crippen molar-refractivity contribution in [1.82, 2.24) is 14.5 Å². The molecule has 0 saturated heterocycles. The zero-order valence-corrected chi connectivity index (χ0v) is 17.4. The Morgan fingerprint density at radius 3 is 2.69 bits per heavy atom. The highest BCUT2D eigenvalue weighted by Gasteiger charge is 2.21. The molecule has 2 heterocycles. The summed E-state index contributed by atoms with van der Waals surface area (Å²) in [5.74, 6) is 0.241. The maximum atomic E-state index is 12.8. The van der Waals surface area contributed by atoms with Crippen molar-refractivity contribution in [3.63, 3.8) is 0 Å². The first kappa shape index (κ1) is 19.9. The van der Waals surface area contributed by atoms with E-state index in [9.17, 15) is 9.59 Å². The zero-order chi connectivity index (χ0) is 20.2. The molecule has 2 aromatic heterocycles. The lowest BCUT2D eigenvalue weighted by Crippen LogP contribution is -2.30. The largest absolute Gasteiger partial charge is 0.349 e. The monoisotopic (exact) mass is 425 g/mol. The quantitative estimate of drug-likeness (QED) is 0.336. The Labute approximate surface area is 178 Å². The Morgan fingerprint density at radius 1 is 1.14 bits per heavy atom. The molecule has 3 aromatic rings. The minimum absolute atomic E-state index is 0.00225. The molecule has 1 aliphatic carbocycles. The summed E-state index contributed by atoms with van der Waals surface area (Å²) in [6, 6.07) is 10.7. The van der Waals surface area contributed by atoms with Crippen molar-refractivity contribution in [2.24, 2.45) is 0 Å². The summed E-state index contributed by atoms with van der Waals surface area (Å²) < 4.78 is 1.76. The van der Waals surface area contributed by atoms with Gasteiger partial charge in [-0.15, -0.1) is 0 Å². The smallest absolute Gasteiger partial charge is 0.293 e. The second kappa shape index (κ2) is 8.93. The molecule has 148 valence electrons. The number of carbonyl (C=O) groups excluding carboxylic acids is 1. The summed E-state index contributed by atoms with van der Waals surface area (Å²) in [7, 11) is 0. The number of carbonyl (C=O) groups is 1. The third-order valence-electron chi connectivity index (χ3n) is 5.02. The van der Waals surface area contributed by atoms with Gasteiger partial charge in [0.2, 0.25) is 0 Å². The molecule has 1 aromatic carbocycles. The molecule has 0 N–H and O–H groups in total. The maximum absolute atomic E-state index is 12.8. The number of rotatable bonds is 6. The Morgan fingerprint density at radius 2 is 1.93 bits per heavy atom. The first-order valence-electron chi connectivity index (χ1n) is 9.55. The number of hydrogen-bond acceptors (Lipinski definition) is 5. The number of nitrogens with zero attached hydrogens (tertiary/aromatic N) is 3. The van der Waals surface area contributed by atoms with E-state index >= 15 is 0 Å². The fourth-order valence-electron chi connectivity index (χ4n) is 3.56. The SMILES string of the molecule is O=C(CSc1nc(=O)n(Cc2cccnc2)c2c1CCCC2)c1ccc(Cl)cc1. The summed E-state index contributed by atoms with van der Waals surface area (Å²) in [6.07, 6.45) is 7.35. The summed E-state index contributed by atoms with van der Waals surface area (Å²) in [5, 5.41) is 1.29. The molecule has 0 radical (unpaired) electrons. The fraction of sp³-hybridized carbons (Fsp3) is 0.273. The number of fused-ring (bicyclic) bond motifs is 1. The van der Waals surface area contributed by atoms with Gasteiger partial charge in [-0.05, 0) is 61.6 Å². The third-order valence-corrected chi connectivity index (χ3v) is 6.29. The lowest BCUT2D eigenvalue weighted by Gasteiger charge is -2.22. The molecular weight excluding hydrogens is 406 g/mol. The number of benzene rings is 1. The van der Waals surface area contributed by atoms with E-state index in [1.165, 1.54) is 11.8 Å². The molecule has 0 amide bonds. The van der Waals surface area contributed by atoms with Crippen LogP contribution in [0.2, 0.25) is 5.02 Å². The van der Waals surface area contributed by atoms with Crippen LogP contribution in [0.25, 0.3) is 0 Å². The highest BCUT2D eigenvalue weighted by Crippen LogP contribution is 2.29. The number of Topliss-reactive ketones (excluding diaryl/α,β-unsaturated/α-hetero) is 1. The van der Waals surface area contributed by atoms with Crippen molar-refractivity contribution in [1.29, 1.82) is 0 Å². The van der Waals surface area contributed by atoms with Crippen molar-refractivity contribution in [3.05, 3.63) is 86.7 Å². The first-order chi connectivity index (χ1) is 14.1. The van der Waals surface area contributed by atoms with E-state index in [4.69, 9.17) is 11.6 Å². The standard InChI is InChI=1S/C22H20ClN3O2S/c23-17-9-7-16(8-10-17)20(27)14-29-21-18-5-1-2-6-19(18)26(22(28)25-21)13-15-4-3-11-24-12-15/h3-4,7-12H,1-2,5-6,13-14H2. The Bertz CT molecular complexity index is 1080. The van der Waals surface area contributed by atoms with Gasteiger partial charge in [-0.3, -0.25) is 14.3 Å². The van der Waals surface area contributed by atoms with Gasteiger partial charge >= 0.3 is 5.69 Å². The van der Waals surface area contributed by atoms with Gasteiger partial charge in [0, 0.05) is 34.2 Å². The molecule has 0 fully saturated rings. The van der Waals surface area contributed by atoms with Gasteiger partial charge in [0.15, 0.2) is 5.78 Å². The van der Waals surface area contributed by atoms with Gasteiger partial charge in [0.05, 0.1) is 12.3 Å². The Kier molecular flexibility index (Phi) is 6.11. The van der Waals surface area contributed by atoms with E-state index in [1.54, 1.807) is 41.2 Å². The van der Waals surface area contributed by atoms with Crippen LogP contribution in [0.1, 0.15) is 40.0 Å². The molecule has 0 aliphatic heterocycles. The summed E-state index contributed by atoms with van der Waals surface area (Å²) >= 11 is 7.24. The maximum Gasteiger partial charge on any atom is 0.349 e. The average Bonchev–Trinajstić information content (AvgIpc) is 2.75. The number of halogens is 1. The molecule has 29 heavy (non-hydrogen) atoms. The van der Waals surface area contributed by atoms with Crippen LogP contribution in [0.3, 0.4) is 0 Å². The van der Waals surface area contributed by atoms with Gasteiger partial charge < -0.3 is 0 Å². The molecule has 0 saturated carbocycles. The van der Waals surface area contributed by atoms with E-state index in [-0.39, 0.29) is 17.2 Å². The number of pyridine rings is 1. The predicted octanol–water partition coefficient (Wildman–Crippen LogP) is 4.19. The molecule has 7 heteroatoms. The number of ketones is 1. The van der Waals surface area contributed by atoms with Crippen LogP contribution in [-0.4, -0.2) is 26.1 Å². The molecule has 0 bridgehead atoms. The topological polar surface area (TPSA) is 64.8 Å². The average molecular weight is 426 g/mol.